The van der Waals surface area contributed by atoms with Crippen molar-refractivity contribution in [2.45, 2.75) is 83.7 Å². The number of nitrogens with one attached hydrogen (secondary N) is 1. The summed E-state index contributed by atoms with van der Waals surface area (Å²) in [7, 11) is 0. The van der Waals surface area contributed by atoms with Gasteiger partial charge in [0.1, 0.15) is 5.60 Å². The molecular weight excluding hydrogens is 308 g/mol. The minimum Gasteiger partial charge on any atom is -0.444 e. The third-order valence-electron chi connectivity index (χ3n) is 4.55. The largest absolute Gasteiger partial charge is 0.444 e. The van der Waals surface area contributed by atoms with Gasteiger partial charge in [0.15, 0.2) is 0 Å². The maximum absolute atomic E-state index is 12.4. The molecule has 0 aliphatic carbocycles. The second-order valence-electron chi connectivity index (χ2n) is 8.05. The number of carbonyl (C=O) groups excluding carboxylic acids is 1. The minimum atomic E-state index is -0.474. The molecule has 2 heterocycles. The quantitative estimate of drug-likeness (QED) is 0.832. The van der Waals surface area contributed by atoms with Crippen molar-refractivity contribution in [2.24, 2.45) is 0 Å². The molecular formula is C18H34N2O4. The van der Waals surface area contributed by atoms with Gasteiger partial charge in [-0.15, -0.1) is 0 Å². The lowest BCUT2D eigenvalue weighted by molar-refractivity contribution is -0.0361. The Balaban J connectivity index is 1.86. The molecule has 6 heteroatoms. The molecule has 24 heavy (non-hydrogen) atoms. The van der Waals surface area contributed by atoms with Gasteiger partial charge < -0.3 is 24.4 Å². The van der Waals surface area contributed by atoms with E-state index in [4.69, 9.17) is 14.2 Å². The summed E-state index contributed by atoms with van der Waals surface area (Å²) in [6.45, 7) is 12.6. The van der Waals surface area contributed by atoms with Crippen LogP contribution in [0.3, 0.4) is 0 Å². The van der Waals surface area contributed by atoms with Gasteiger partial charge in [0.05, 0.1) is 25.4 Å². The fourth-order valence-corrected chi connectivity index (χ4v) is 3.44. The van der Waals surface area contributed by atoms with E-state index < -0.39 is 5.60 Å². The average Bonchev–Trinajstić information content (AvgIpc) is 3.00. The molecule has 0 saturated carbocycles. The Hall–Kier alpha value is -0.850. The number of hydrogen-bond acceptors (Lipinski definition) is 5. The van der Waals surface area contributed by atoms with E-state index in [2.05, 4.69) is 19.2 Å². The molecule has 4 atom stereocenters. The van der Waals surface area contributed by atoms with Crippen molar-refractivity contribution in [1.82, 2.24) is 10.2 Å². The molecule has 2 aliphatic heterocycles. The Morgan fingerprint density at radius 2 is 2.08 bits per heavy atom. The molecule has 0 aromatic heterocycles. The molecule has 2 saturated heterocycles. The second-order valence-corrected chi connectivity index (χ2v) is 8.05. The van der Waals surface area contributed by atoms with E-state index in [0.717, 1.165) is 25.9 Å². The topological polar surface area (TPSA) is 60.0 Å². The fourth-order valence-electron chi connectivity index (χ4n) is 3.44. The van der Waals surface area contributed by atoms with Crippen LogP contribution in [0.25, 0.3) is 0 Å². The van der Waals surface area contributed by atoms with Gasteiger partial charge >= 0.3 is 6.09 Å². The number of ether oxygens (including phenoxy) is 3. The molecule has 0 aromatic carbocycles. The number of morpholine rings is 1. The molecule has 0 aromatic rings. The molecule has 0 unspecified atom stereocenters. The van der Waals surface area contributed by atoms with Gasteiger partial charge in [-0.1, -0.05) is 0 Å². The predicted octanol–water partition coefficient (Wildman–Crippen LogP) is 2.56. The zero-order chi connectivity index (χ0) is 17.7. The standard InChI is InChI=1S/C18H34N2O4/c1-13(19-14(2)16-7-6-9-23-16)11-15-12-22-10-8-20(15)17(21)24-18(3,4)5/h13-16,19H,6-12H2,1-5H3/t13-,14+,15-,16-/m1/s1. The van der Waals surface area contributed by atoms with Crippen molar-refractivity contribution >= 4 is 6.09 Å². The van der Waals surface area contributed by atoms with Crippen LogP contribution in [0, 0.1) is 0 Å². The van der Waals surface area contributed by atoms with Gasteiger partial charge in [-0.05, 0) is 53.9 Å². The van der Waals surface area contributed by atoms with E-state index in [0.29, 0.717) is 31.9 Å². The van der Waals surface area contributed by atoms with Crippen LogP contribution in [0.1, 0.15) is 53.9 Å². The molecule has 0 spiro atoms. The summed E-state index contributed by atoms with van der Waals surface area (Å²) < 4.78 is 16.9. The SMILES string of the molecule is C[C@H](C[C@@H]1COCCN1C(=O)OC(C)(C)C)N[C@@H](C)[C@H]1CCCO1. The van der Waals surface area contributed by atoms with Crippen molar-refractivity contribution in [3.63, 3.8) is 0 Å². The van der Waals surface area contributed by atoms with Crippen molar-refractivity contribution < 1.29 is 19.0 Å². The van der Waals surface area contributed by atoms with E-state index in [1.165, 1.54) is 0 Å². The van der Waals surface area contributed by atoms with Crippen LogP contribution in [0.2, 0.25) is 0 Å². The molecule has 2 fully saturated rings. The summed E-state index contributed by atoms with van der Waals surface area (Å²) in [5, 5.41) is 3.62. The first-order valence-corrected chi connectivity index (χ1v) is 9.21. The smallest absolute Gasteiger partial charge is 0.410 e. The van der Waals surface area contributed by atoms with Crippen LogP contribution in [0.4, 0.5) is 4.79 Å². The lowest BCUT2D eigenvalue weighted by atomic mass is 10.0. The molecule has 0 bridgehead atoms. The summed E-state index contributed by atoms with van der Waals surface area (Å²) in [6.07, 6.45) is 3.18. The van der Waals surface area contributed by atoms with E-state index in [1.54, 1.807) is 0 Å². The average molecular weight is 342 g/mol. The Bertz CT molecular complexity index is 404. The number of nitrogens with zero attached hydrogens (tertiary/aromatic N) is 1. The summed E-state index contributed by atoms with van der Waals surface area (Å²) in [5.41, 5.74) is -0.474. The molecule has 6 nitrogen and oxygen atoms in total. The maximum Gasteiger partial charge on any atom is 0.410 e. The van der Waals surface area contributed by atoms with Gasteiger partial charge in [-0.25, -0.2) is 4.79 Å². The number of amides is 1. The van der Waals surface area contributed by atoms with Crippen LogP contribution in [0.5, 0.6) is 0 Å². The van der Waals surface area contributed by atoms with Gasteiger partial charge in [0, 0.05) is 25.2 Å². The van der Waals surface area contributed by atoms with Crippen molar-refractivity contribution in [1.29, 1.82) is 0 Å². The van der Waals surface area contributed by atoms with Gasteiger partial charge in [0.25, 0.3) is 0 Å². The maximum atomic E-state index is 12.4. The zero-order valence-corrected chi connectivity index (χ0v) is 15.8. The molecule has 1 N–H and O–H groups in total. The third kappa shape index (κ3) is 5.90. The van der Waals surface area contributed by atoms with Crippen molar-refractivity contribution in [3.05, 3.63) is 0 Å². The Labute approximate surface area is 146 Å². The van der Waals surface area contributed by atoms with Crippen LogP contribution in [0.15, 0.2) is 0 Å². The van der Waals surface area contributed by atoms with Gasteiger partial charge in [0.2, 0.25) is 0 Å². The summed E-state index contributed by atoms with van der Waals surface area (Å²) >= 11 is 0. The highest BCUT2D eigenvalue weighted by Gasteiger charge is 2.32. The summed E-state index contributed by atoms with van der Waals surface area (Å²) in [4.78, 5) is 14.3. The highest BCUT2D eigenvalue weighted by Crippen LogP contribution is 2.19. The lowest BCUT2D eigenvalue weighted by Gasteiger charge is -2.38. The minimum absolute atomic E-state index is 0.0489. The van der Waals surface area contributed by atoms with E-state index in [1.807, 2.05) is 25.7 Å². The molecule has 0 radical (unpaired) electrons. The molecule has 140 valence electrons. The van der Waals surface area contributed by atoms with Crippen molar-refractivity contribution in [2.75, 3.05) is 26.4 Å². The Kier molecular flexibility index (Phi) is 6.89. The van der Waals surface area contributed by atoms with Crippen molar-refractivity contribution in [3.8, 4) is 0 Å². The zero-order valence-electron chi connectivity index (χ0n) is 15.8. The van der Waals surface area contributed by atoms with E-state index in [-0.39, 0.29) is 18.2 Å². The molecule has 2 aliphatic rings. The Morgan fingerprint density at radius 1 is 1.33 bits per heavy atom. The van der Waals surface area contributed by atoms with Crippen LogP contribution in [-0.4, -0.2) is 67.2 Å². The number of rotatable bonds is 5. The second kappa shape index (κ2) is 8.50. The first-order valence-electron chi connectivity index (χ1n) is 9.21. The summed E-state index contributed by atoms with van der Waals surface area (Å²) in [5.74, 6) is 0. The van der Waals surface area contributed by atoms with E-state index in [9.17, 15) is 4.79 Å². The first kappa shape index (κ1) is 19.5. The lowest BCUT2D eigenvalue weighted by Crippen LogP contribution is -2.53. The van der Waals surface area contributed by atoms with Gasteiger partial charge in [-0.3, -0.25) is 0 Å². The number of carbonyl (C=O) groups is 1. The fraction of sp³-hybridized carbons (Fsp3) is 0.944. The summed E-state index contributed by atoms with van der Waals surface area (Å²) in [6, 6.07) is 0.649. The Morgan fingerprint density at radius 3 is 2.71 bits per heavy atom. The molecule has 1 amide bonds. The van der Waals surface area contributed by atoms with Crippen LogP contribution in [-0.2, 0) is 14.2 Å². The van der Waals surface area contributed by atoms with E-state index >= 15 is 0 Å². The normalized spacial score (nSPS) is 27.8. The first-order chi connectivity index (χ1) is 11.3. The highest BCUT2D eigenvalue weighted by atomic mass is 16.6. The van der Waals surface area contributed by atoms with Gasteiger partial charge in [-0.2, -0.15) is 0 Å². The van der Waals surface area contributed by atoms with Crippen LogP contribution < -0.4 is 5.32 Å². The third-order valence-corrected chi connectivity index (χ3v) is 4.55. The monoisotopic (exact) mass is 342 g/mol. The highest BCUT2D eigenvalue weighted by molar-refractivity contribution is 5.68. The van der Waals surface area contributed by atoms with Crippen LogP contribution >= 0.6 is 0 Å². The molecule has 2 rings (SSSR count). The number of hydrogen-bond donors (Lipinski definition) is 1. The predicted molar refractivity (Wildman–Crippen MR) is 93.2 cm³/mol.